The van der Waals surface area contributed by atoms with Gasteiger partial charge in [0.15, 0.2) is 5.69 Å². The van der Waals surface area contributed by atoms with Crippen LogP contribution in [0.5, 0.6) is 0 Å². The molecule has 36 heavy (non-hydrogen) atoms. The summed E-state index contributed by atoms with van der Waals surface area (Å²) in [4.78, 5) is 25.6. The fourth-order valence-electron chi connectivity index (χ4n) is 3.38. The lowest BCUT2D eigenvalue weighted by Gasteiger charge is -2.13. The number of pyridine rings is 2. The average molecular weight is 552 g/mol. The van der Waals surface area contributed by atoms with Gasteiger partial charge in [0.1, 0.15) is 16.2 Å². The van der Waals surface area contributed by atoms with Crippen molar-refractivity contribution >= 4 is 55.8 Å². The molecule has 0 spiro atoms. The van der Waals surface area contributed by atoms with Gasteiger partial charge in [-0.2, -0.15) is 18.3 Å². The minimum absolute atomic E-state index is 0.0518. The van der Waals surface area contributed by atoms with E-state index in [2.05, 4.69) is 20.1 Å². The number of fused-ring (bicyclic) bond motifs is 2. The van der Waals surface area contributed by atoms with Crippen LogP contribution in [0.3, 0.4) is 0 Å². The van der Waals surface area contributed by atoms with Gasteiger partial charge >= 0.3 is 6.18 Å². The van der Waals surface area contributed by atoms with E-state index in [0.29, 0.717) is 26.6 Å². The number of halogens is 5. The summed E-state index contributed by atoms with van der Waals surface area (Å²) in [6.07, 6.45) is -3.53. The van der Waals surface area contributed by atoms with Crippen LogP contribution in [-0.2, 0) is 6.18 Å². The molecule has 0 bridgehead atoms. The van der Waals surface area contributed by atoms with Crippen LogP contribution in [-0.4, -0.2) is 24.7 Å². The molecule has 0 atom stereocenters. The number of thiazole rings is 1. The maximum Gasteiger partial charge on any atom is 0.433 e. The van der Waals surface area contributed by atoms with E-state index in [1.807, 2.05) is 20.8 Å². The van der Waals surface area contributed by atoms with Crippen molar-refractivity contribution in [3.05, 3.63) is 73.7 Å². The lowest BCUT2D eigenvalue weighted by molar-refractivity contribution is -0.141. The molecule has 0 aliphatic heterocycles. The number of hydrogen-bond acceptors (Lipinski definition) is 6. The summed E-state index contributed by atoms with van der Waals surface area (Å²) >= 11 is 13.3. The number of aryl methyl sites for hydroxylation is 2. The molecule has 0 N–H and O–H groups in total. The Morgan fingerprint density at radius 3 is 2.39 bits per heavy atom. The first-order chi connectivity index (χ1) is 17.0. The van der Waals surface area contributed by atoms with Gasteiger partial charge in [0.2, 0.25) is 5.43 Å². The van der Waals surface area contributed by atoms with E-state index in [-0.39, 0.29) is 26.8 Å². The highest BCUT2D eigenvalue weighted by molar-refractivity contribution is 7.21. The SMILES string of the molecule is CC.Cc1cc2c(nc1C)c(=O)c(-c1nc3cc(C(F)(F)F)ncc3s1)nn2-c1ccc(Cl)c(Cl)c1. The molecule has 0 saturated heterocycles. The van der Waals surface area contributed by atoms with Gasteiger partial charge in [0.05, 0.1) is 31.5 Å². The van der Waals surface area contributed by atoms with Crippen LogP contribution in [0.25, 0.3) is 37.6 Å². The normalized spacial score (nSPS) is 11.6. The fraction of sp³-hybridized carbons (Fsp3) is 0.208. The standard InChI is InChI=1S/C22H12Cl2F3N5OS.C2H6/c1-9-5-15-18(29-10(9)2)20(33)19(31-32(15)11-3-4-12(23)13(24)6-11)21-30-14-7-17(22(25,26)27)28-8-16(14)34-21;1-2/h3-8H,1-2H3;1-2H3. The minimum Gasteiger partial charge on any atom is -0.285 e. The van der Waals surface area contributed by atoms with Crippen LogP contribution in [0.1, 0.15) is 30.8 Å². The highest BCUT2D eigenvalue weighted by atomic mass is 35.5. The van der Waals surface area contributed by atoms with Crippen LogP contribution < -0.4 is 5.43 Å². The minimum atomic E-state index is -4.61. The molecule has 0 amide bonds. The molecule has 186 valence electrons. The third-order valence-corrected chi connectivity index (χ3v) is 6.97. The van der Waals surface area contributed by atoms with Gasteiger partial charge in [-0.3, -0.25) is 9.78 Å². The summed E-state index contributed by atoms with van der Waals surface area (Å²) in [6, 6.07) is 7.51. The molecule has 0 fully saturated rings. The lowest BCUT2D eigenvalue weighted by Crippen LogP contribution is -2.17. The van der Waals surface area contributed by atoms with Crippen molar-refractivity contribution in [2.45, 2.75) is 33.9 Å². The van der Waals surface area contributed by atoms with Gasteiger partial charge in [-0.25, -0.2) is 14.6 Å². The maximum absolute atomic E-state index is 13.4. The monoisotopic (exact) mass is 551 g/mol. The predicted molar refractivity (Wildman–Crippen MR) is 137 cm³/mol. The Hall–Kier alpha value is -3.08. The summed E-state index contributed by atoms with van der Waals surface area (Å²) < 4.78 is 41.1. The number of alkyl halides is 3. The largest absolute Gasteiger partial charge is 0.433 e. The smallest absolute Gasteiger partial charge is 0.285 e. The Bertz CT molecular complexity index is 1680. The highest BCUT2D eigenvalue weighted by Gasteiger charge is 2.33. The number of benzene rings is 1. The van der Waals surface area contributed by atoms with E-state index in [0.717, 1.165) is 29.2 Å². The van der Waals surface area contributed by atoms with Crippen molar-refractivity contribution in [2.75, 3.05) is 0 Å². The first kappa shape index (κ1) is 26.0. The Morgan fingerprint density at radius 2 is 1.72 bits per heavy atom. The number of hydrogen-bond donors (Lipinski definition) is 0. The summed E-state index contributed by atoms with van der Waals surface area (Å²) in [7, 11) is 0. The molecule has 0 radical (unpaired) electrons. The molecular weight excluding hydrogens is 534 g/mol. The van der Waals surface area contributed by atoms with E-state index in [1.165, 1.54) is 4.68 Å². The van der Waals surface area contributed by atoms with Gasteiger partial charge in [-0.15, -0.1) is 11.3 Å². The van der Waals surface area contributed by atoms with Crippen LogP contribution in [0.2, 0.25) is 10.0 Å². The van der Waals surface area contributed by atoms with Crippen molar-refractivity contribution < 1.29 is 13.2 Å². The number of rotatable bonds is 2. The molecule has 0 saturated carbocycles. The third-order valence-electron chi connectivity index (χ3n) is 5.22. The Balaban J connectivity index is 0.00000148. The fourth-order valence-corrected chi connectivity index (χ4v) is 4.56. The Kier molecular flexibility index (Phi) is 7.05. The summed E-state index contributed by atoms with van der Waals surface area (Å²) in [5, 5.41) is 5.30. The van der Waals surface area contributed by atoms with Crippen molar-refractivity contribution in [1.82, 2.24) is 24.7 Å². The Labute approximate surface area is 217 Å². The molecular formula is C24H18Cl2F3N5OS. The predicted octanol–water partition coefficient (Wildman–Crippen LogP) is 7.42. The first-order valence-electron chi connectivity index (χ1n) is 10.7. The third kappa shape index (κ3) is 4.68. The van der Waals surface area contributed by atoms with E-state index < -0.39 is 17.3 Å². The molecule has 0 aliphatic rings. The molecule has 12 heteroatoms. The van der Waals surface area contributed by atoms with Crippen molar-refractivity contribution in [3.8, 4) is 16.4 Å². The number of nitrogens with zero attached hydrogens (tertiary/aromatic N) is 5. The second kappa shape index (κ2) is 9.76. The molecule has 6 nitrogen and oxygen atoms in total. The van der Waals surface area contributed by atoms with Crippen molar-refractivity contribution in [2.24, 2.45) is 0 Å². The van der Waals surface area contributed by atoms with Gasteiger partial charge < -0.3 is 0 Å². The summed E-state index contributed by atoms with van der Waals surface area (Å²) in [6.45, 7) is 7.64. The van der Waals surface area contributed by atoms with Crippen molar-refractivity contribution in [1.29, 1.82) is 0 Å². The Morgan fingerprint density at radius 1 is 1.00 bits per heavy atom. The van der Waals surface area contributed by atoms with E-state index in [9.17, 15) is 18.0 Å². The zero-order valence-electron chi connectivity index (χ0n) is 19.4. The maximum atomic E-state index is 13.4. The van der Waals surface area contributed by atoms with E-state index in [1.54, 1.807) is 31.2 Å². The lowest BCUT2D eigenvalue weighted by atomic mass is 10.2. The molecule has 4 heterocycles. The number of aromatic nitrogens is 5. The van der Waals surface area contributed by atoms with Crippen molar-refractivity contribution in [3.63, 3.8) is 0 Å². The van der Waals surface area contributed by atoms with Crippen LogP contribution in [0.4, 0.5) is 13.2 Å². The zero-order valence-corrected chi connectivity index (χ0v) is 21.7. The average Bonchev–Trinajstić information content (AvgIpc) is 3.26. The molecule has 1 aromatic carbocycles. The zero-order chi connectivity index (χ0) is 26.4. The quantitative estimate of drug-likeness (QED) is 0.228. The first-order valence-corrected chi connectivity index (χ1v) is 12.3. The second-order valence-corrected chi connectivity index (χ2v) is 9.35. The second-order valence-electron chi connectivity index (χ2n) is 7.50. The molecule has 5 rings (SSSR count). The van der Waals surface area contributed by atoms with Gasteiger partial charge in [-0.05, 0) is 49.7 Å². The molecule has 5 aromatic rings. The van der Waals surface area contributed by atoms with Gasteiger partial charge in [0.25, 0.3) is 0 Å². The van der Waals surface area contributed by atoms with E-state index >= 15 is 0 Å². The van der Waals surface area contributed by atoms with Gasteiger partial charge in [0, 0.05) is 11.9 Å². The van der Waals surface area contributed by atoms with Gasteiger partial charge in [-0.1, -0.05) is 37.0 Å². The molecule has 0 unspecified atom stereocenters. The molecule has 4 aromatic heterocycles. The molecule has 0 aliphatic carbocycles. The summed E-state index contributed by atoms with van der Waals surface area (Å²) in [5.41, 5.74) is 1.08. The van der Waals surface area contributed by atoms with Crippen LogP contribution in [0, 0.1) is 13.8 Å². The van der Waals surface area contributed by atoms with Crippen LogP contribution >= 0.6 is 34.5 Å². The van der Waals surface area contributed by atoms with E-state index in [4.69, 9.17) is 23.2 Å². The highest BCUT2D eigenvalue weighted by Crippen LogP contribution is 2.33. The topological polar surface area (TPSA) is 73.6 Å². The van der Waals surface area contributed by atoms with Crippen LogP contribution in [0.15, 0.2) is 41.3 Å². The summed E-state index contributed by atoms with van der Waals surface area (Å²) in [5.74, 6) is 0.